The third kappa shape index (κ3) is 3.63. The van der Waals surface area contributed by atoms with Crippen LogP contribution in [0.25, 0.3) is 11.4 Å². The number of hydrogen-bond acceptors (Lipinski definition) is 5. The summed E-state index contributed by atoms with van der Waals surface area (Å²) in [5, 5.41) is 4.26. The highest BCUT2D eigenvalue weighted by Crippen LogP contribution is 2.42. The molecule has 1 saturated heterocycles. The minimum absolute atomic E-state index is 0. The molecule has 0 radical (unpaired) electrons. The van der Waals surface area contributed by atoms with E-state index in [1.165, 1.54) is 11.1 Å². The minimum Gasteiger partial charge on any atom is -0.381 e. The summed E-state index contributed by atoms with van der Waals surface area (Å²) in [6, 6.07) is 16.4. The Balaban J connectivity index is 0.00000210. The second kappa shape index (κ2) is 8.21. The van der Waals surface area contributed by atoms with E-state index in [2.05, 4.69) is 36.3 Å². The lowest BCUT2D eigenvalue weighted by Crippen LogP contribution is -2.36. The van der Waals surface area contributed by atoms with Crippen LogP contribution in [0.1, 0.15) is 35.4 Å². The fourth-order valence-electron chi connectivity index (χ4n) is 3.75. The van der Waals surface area contributed by atoms with Crippen LogP contribution in [0.4, 0.5) is 0 Å². The lowest BCUT2D eigenvalue weighted by Gasteiger charge is -2.35. The molecule has 4 rings (SSSR count). The zero-order valence-corrected chi connectivity index (χ0v) is 16.2. The second-order valence-electron chi connectivity index (χ2n) is 6.83. The number of rotatable bonds is 4. The quantitative estimate of drug-likeness (QED) is 0.734. The highest BCUT2D eigenvalue weighted by atomic mass is 35.5. The molecule has 0 atom stereocenters. The van der Waals surface area contributed by atoms with Gasteiger partial charge in [0.25, 0.3) is 0 Å². The van der Waals surface area contributed by atoms with Gasteiger partial charge in [0.15, 0.2) is 0 Å². The van der Waals surface area contributed by atoms with Gasteiger partial charge in [-0.05, 0) is 36.5 Å². The molecule has 0 unspecified atom stereocenters. The monoisotopic (exact) mass is 385 g/mol. The number of halogens is 1. The molecule has 142 valence electrons. The smallest absolute Gasteiger partial charge is 0.237 e. The van der Waals surface area contributed by atoms with Gasteiger partial charge in [-0.1, -0.05) is 53.7 Å². The number of ether oxygens (including phenoxy) is 1. The van der Waals surface area contributed by atoms with Crippen LogP contribution < -0.4 is 5.73 Å². The van der Waals surface area contributed by atoms with Gasteiger partial charge in [-0.2, -0.15) is 4.98 Å². The Morgan fingerprint density at radius 3 is 2.41 bits per heavy atom. The van der Waals surface area contributed by atoms with E-state index in [9.17, 15) is 0 Å². The Labute approximate surface area is 165 Å². The maximum atomic E-state index is 5.79. The molecule has 5 nitrogen and oxygen atoms in total. The van der Waals surface area contributed by atoms with E-state index in [0.29, 0.717) is 31.5 Å². The molecule has 6 heteroatoms. The first-order chi connectivity index (χ1) is 12.7. The predicted molar refractivity (Wildman–Crippen MR) is 107 cm³/mol. The average Bonchev–Trinajstić information content (AvgIpc) is 3.20. The molecule has 1 fully saturated rings. The average molecular weight is 386 g/mol. The van der Waals surface area contributed by atoms with Crippen molar-refractivity contribution in [2.45, 2.75) is 31.7 Å². The number of aromatic nitrogens is 2. The molecule has 0 aliphatic carbocycles. The van der Waals surface area contributed by atoms with Gasteiger partial charge in [-0.15, -0.1) is 12.4 Å². The number of nitrogens with zero attached hydrogens (tertiary/aromatic N) is 2. The second-order valence-corrected chi connectivity index (χ2v) is 6.83. The fourth-order valence-corrected chi connectivity index (χ4v) is 3.75. The molecule has 0 spiro atoms. The zero-order chi connectivity index (χ0) is 18.0. The molecule has 2 heterocycles. The van der Waals surface area contributed by atoms with Crippen molar-refractivity contribution in [3.63, 3.8) is 0 Å². The molecule has 1 aromatic heterocycles. The Kier molecular flexibility index (Phi) is 5.95. The molecular weight excluding hydrogens is 362 g/mol. The lowest BCUT2D eigenvalue weighted by atomic mass is 9.72. The van der Waals surface area contributed by atoms with Crippen LogP contribution >= 0.6 is 12.4 Å². The minimum atomic E-state index is -0.286. The van der Waals surface area contributed by atoms with Gasteiger partial charge in [0.05, 0.1) is 5.41 Å². The van der Waals surface area contributed by atoms with Gasteiger partial charge in [0, 0.05) is 25.3 Å². The molecule has 27 heavy (non-hydrogen) atoms. The van der Waals surface area contributed by atoms with Gasteiger partial charge in [-0.3, -0.25) is 0 Å². The van der Waals surface area contributed by atoms with E-state index < -0.39 is 0 Å². The maximum absolute atomic E-state index is 5.79. The summed E-state index contributed by atoms with van der Waals surface area (Å²) in [6.45, 7) is 4.04. The molecule has 0 bridgehead atoms. The van der Waals surface area contributed by atoms with Crippen LogP contribution in [-0.2, 0) is 16.7 Å². The van der Waals surface area contributed by atoms with E-state index in [-0.39, 0.29) is 17.8 Å². The van der Waals surface area contributed by atoms with E-state index in [1.807, 2.05) is 24.3 Å². The first-order valence-corrected chi connectivity index (χ1v) is 9.00. The molecule has 2 N–H and O–H groups in total. The van der Waals surface area contributed by atoms with Crippen molar-refractivity contribution in [1.29, 1.82) is 0 Å². The fraction of sp³-hybridized carbons (Fsp3) is 0.333. The topological polar surface area (TPSA) is 74.2 Å². The van der Waals surface area contributed by atoms with Crippen LogP contribution in [0, 0.1) is 6.92 Å². The summed E-state index contributed by atoms with van der Waals surface area (Å²) in [5.41, 5.74) is 9.89. The van der Waals surface area contributed by atoms with Gasteiger partial charge < -0.3 is 15.0 Å². The van der Waals surface area contributed by atoms with Crippen molar-refractivity contribution in [2.24, 2.45) is 5.73 Å². The van der Waals surface area contributed by atoms with Crippen molar-refractivity contribution < 1.29 is 9.26 Å². The van der Waals surface area contributed by atoms with Gasteiger partial charge in [0.1, 0.15) is 0 Å². The van der Waals surface area contributed by atoms with Crippen molar-refractivity contribution in [3.05, 3.63) is 71.1 Å². The van der Waals surface area contributed by atoms with Crippen molar-refractivity contribution in [2.75, 3.05) is 13.2 Å². The number of nitrogens with two attached hydrogens (primary N) is 1. The van der Waals surface area contributed by atoms with Gasteiger partial charge in [0.2, 0.25) is 11.7 Å². The zero-order valence-electron chi connectivity index (χ0n) is 15.4. The van der Waals surface area contributed by atoms with Crippen molar-refractivity contribution >= 4 is 12.4 Å². The van der Waals surface area contributed by atoms with Gasteiger partial charge in [-0.25, -0.2) is 0 Å². The Hall–Kier alpha value is -2.21. The Morgan fingerprint density at radius 1 is 1.04 bits per heavy atom. The first-order valence-electron chi connectivity index (χ1n) is 9.00. The molecule has 2 aromatic carbocycles. The molecule has 1 aliphatic rings. The number of benzene rings is 2. The molecule has 1 aliphatic heterocycles. The van der Waals surface area contributed by atoms with Crippen molar-refractivity contribution in [1.82, 2.24) is 10.1 Å². The number of hydrogen-bond donors (Lipinski definition) is 1. The summed E-state index contributed by atoms with van der Waals surface area (Å²) in [5.74, 6) is 1.29. The molecule has 0 saturated carbocycles. The van der Waals surface area contributed by atoms with Crippen LogP contribution in [0.15, 0.2) is 53.1 Å². The number of aryl methyl sites for hydroxylation is 1. The normalized spacial score (nSPS) is 15.9. The molecular formula is C21H24ClN3O2. The van der Waals surface area contributed by atoms with Crippen LogP contribution in [0.3, 0.4) is 0 Å². The highest BCUT2D eigenvalue weighted by Gasteiger charge is 2.42. The third-order valence-electron chi connectivity index (χ3n) is 5.29. The summed E-state index contributed by atoms with van der Waals surface area (Å²) < 4.78 is 11.4. The Morgan fingerprint density at radius 2 is 1.74 bits per heavy atom. The summed E-state index contributed by atoms with van der Waals surface area (Å²) >= 11 is 0. The predicted octanol–water partition coefficient (Wildman–Crippen LogP) is 4.02. The maximum Gasteiger partial charge on any atom is 0.237 e. The SMILES string of the molecule is Cc1ccccc1C1(c2nc(-c3ccc(CN)cc3)no2)CCOCC1.Cl. The van der Waals surface area contributed by atoms with E-state index >= 15 is 0 Å². The van der Waals surface area contributed by atoms with Gasteiger partial charge >= 0.3 is 0 Å². The largest absolute Gasteiger partial charge is 0.381 e. The van der Waals surface area contributed by atoms with E-state index in [1.54, 1.807) is 0 Å². The lowest BCUT2D eigenvalue weighted by molar-refractivity contribution is 0.0521. The van der Waals surface area contributed by atoms with Crippen LogP contribution in [0.2, 0.25) is 0 Å². The van der Waals surface area contributed by atoms with Crippen molar-refractivity contribution in [3.8, 4) is 11.4 Å². The summed E-state index contributed by atoms with van der Waals surface area (Å²) in [6.07, 6.45) is 1.68. The third-order valence-corrected chi connectivity index (χ3v) is 5.29. The van der Waals surface area contributed by atoms with Crippen LogP contribution in [-0.4, -0.2) is 23.4 Å². The summed E-state index contributed by atoms with van der Waals surface area (Å²) in [7, 11) is 0. The first kappa shape index (κ1) is 19.5. The highest BCUT2D eigenvalue weighted by molar-refractivity contribution is 5.85. The van der Waals surface area contributed by atoms with Crippen LogP contribution in [0.5, 0.6) is 0 Å². The van der Waals surface area contributed by atoms with E-state index in [0.717, 1.165) is 24.0 Å². The standard InChI is InChI=1S/C21H23N3O2.ClH/c1-15-4-2-3-5-18(15)21(10-12-25-13-11-21)20-23-19(24-26-20)17-8-6-16(14-22)7-9-17;/h2-9H,10-14,22H2,1H3;1H. The molecule has 3 aromatic rings. The van der Waals surface area contributed by atoms with E-state index in [4.69, 9.17) is 20.0 Å². The Bertz CT molecular complexity index is 886. The summed E-state index contributed by atoms with van der Waals surface area (Å²) in [4.78, 5) is 4.78. The molecule has 0 amide bonds.